The average Bonchev–Trinajstić information content (AvgIpc) is 2.68. The minimum absolute atomic E-state index is 0.0840. The van der Waals surface area contributed by atoms with Crippen molar-refractivity contribution < 1.29 is 20.1 Å². The quantitative estimate of drug-likeness (QED) is 0.546. The maximum Gasteiger partial charge on any atom is 0.335 e. The Kier molecular flexibility index (Phi) is 5.77. The maximum atomic E-state index is 10.9. The highest BCUT2D eigenvalue weighted by Gasteiger charge is 2.04. The summed E-state index contributed by atoms with van der Waals surface area (Å²) in [4.78, 5) is 10.9. The van der Waals surface area contributed by atoms with Gasteiger partial charge in [0.1, 0.15) is 0 Å². The van der Waals surface area contributed by atoms with E-state index in [2.05, 4.69) is 24.3 Å². The summed E-state index contributed by atoms with van der Waals surface area (Å²) >= 11 is 0. The largest absolute Gasteiger partial charge is 0.504 e. The van der Waals surface area contributed by atoms with Gasteiger partial charge >= 0.3 is 5.97 Å². The fraction of sp³-hybridized carbons (Fsp3) is 0.174. The molecule has 0 aliphatic heterocycles. The van der Waals surface area contributed by atoms with E-state index in [0.29, 0.717) is 5.56 Å². The van der Waals surface area contributed by atoms with Crippen molar-refractivity contribution in [3.05, 3.63) is 94.5 Å². The molecule has 0 fully saturated rings. The fourth-order valence-electron chi connectivity index (χ4n) is 2.99. The predicted octanol–water partition coefficient (Wildman–Crippen LogP) is 4.37. The van der Waals surface area contributed by atoms with Crippen molar-refractivity contribution in [3.63, 3.8) is 0 Å². The summed E-state index contributed by atoms with van der Waals surface area (Å²) in [6.07, 6.45) is 3.43. The van der Waals surface area contributed by atoms with Crippen molar-refractivity contribution in [2.24, 2.45) is 0 Å². The summed E-state index contributed by atoms with van der Waals surface area (Å²) in [6, 6.07) is 20.4. The number of phenols is 2. The topological polar surface area (TPSA) is 77.8 Å². The lowest BCUT2D eigenvalue weighted by atomic mass is 10.00. The molecule has 0 aromatic heterocycles. The lowest BCUT2D eigenvalue weighted by Gasteiger charge is -2.06. The highest BCUT2D eigenvalue weighted by Crippen LogP contribution is 2.25. The smallest absolute Gasteiger partial charge is 0.335 e. The molecule has 27 heavy (non-hydrogen) atoms. The molecule has 0 heterocycles. The second kappa shape index (κ2) is 8.41. The minimum atomic E-state index is -0.903. The molecule has 3 rings (SSSR count). The van der Waals surface area contributed by atoms with Crippen molar-refractivity contribution in [1.82, 2.24) is 0 Å². The summed E-state index contributed by atoms with van der Waals surface area (Å²) < 4.78 is 0. The van der Waals surface area contributed by atoms with Crippen LogP contribution in [0.15, 0.2) is 66.7 Å². The van der Waals surface area contributed by atoms with Crippen LogP contribution in [-0.2, 0) is 25.7 Å². The molecule has 0 amide bonds. The predicted molar refractivity (Wildman–Crippen MR) is 104 cm³/mol. The Balaban J connectivity index is 1.52. The third-order valence-corrected chi connectivity index (χ3v) is 4.67. The Bertz CT molecular complexity index is 912. The molecule has 4 heteroatoms. The van der Waals surface area contributed by atoms with E-state index in [0.717, 1.165) is 36.8 Å². The standard InChI is InChI=1S/C23H22O4/c24-21-14-11-19(15-22(21)25)8-7-17-3-1-16(2-4-17)5-6-18-9-12-20(13-10-18)23(26)27/h1-4,9-15,24-25H,5-8H2,(H,26,27). The van der Waals surface area contributed by atoms with Gasteiger partial charge in [0, 0.05) is 0 Å². The van der Waals surface area contributed by atoms with E-state index in [9.17, 15) is 15.0 Å². The van der Waals surface area contributed by atoms with Crippen LogP contribution in [0.4, 0.5) is 0 Å². The first-order chi connectivity index (χ1) is 13.0. The molecule has 4 nitrogen and oxygen atoms in total. The van der Waals surface area contributed by atoms with Gasteiger partial charge < -0.3 is 15.3 Å². The number of hydrogen-bond donors (Lipinski definition) is 3. The summed E-state index contributed by atoms with van der Waals surface area (Å²) in [5.41, 5.74) is 4.88. The van der Waals surface area contributed by atoms with Gasteiger partial charge in [0.05, 0.1) is 5.56 Å². The van der Waals surface area contributed by atoms with Crippen LogP contribution in [-0.4, -0.2) is 21.3 Å². The highest BCUT2D eigenvalue weighted by atomic mass is 16.4. The number of aromatic carboxylic acids is 1. The van der Waals surface area contributed by atoms with Gasteiger partial charge in [-0.15, -0.1) is 0 Å². The Labute approximate surface area is 158 Å². The van der Waals surface area contributed by atoms with Crippen LogP contribution >= 0.6 is 0 Å². The Morgan fingerprint density at radius 3 is 1.44 bits per heavy atom. The molecule has 0 spiro atoms. The van der Waals surface area contributed by atoms with Crippen LogP contribution in [0.2, 0.25) is 0 Å². The van der Waals surface area contributed by atoms with Crippen LogP contribution < -0.4 is 0 Å². The van der Waals surface area contributed by atoms with Crippen molar-refractivity contribution in [1.29, 1.82) is 0 Å². The molecule has 3 aromatic rings. The van der Waals surface area contributed by atoms with E-state index in [1.54, 1.807) is 18.2 Å². The first kappa shape index (κ1) is 18.5. The van der Waals surface area contributed by atoms with Gasteiger partial charge in [-0.2, -0.15) is 0 Å². The summed E-state index contributed by atoms with van der Waals surface area (Å²) in [6.45, 7) is 0. The van der Waals surface area contributed by atoms with Crippen molar-refractivity contribution in [2.45, 2.75) is 25.7 Å². The van der Waals surface area contributed by atoms with E-state index in [1.807, 2.05) is 18.2 Å². The normalized spacial score (nSPS) is 10.7. The van der Waals surface area contributed by atoms with Gasteiger partial charge in [0.25, 0.3) is 0 Å². The highest BCUT2D eigenvalue weighted by molar-refractivity contribution is 5.87. The molecule has 0 atom stereocenters. The van der Waals surface area contributed by atoms with Crippen LogP contribution in [0.1, 0.15) is 32.6 Å². The van der Waals surface area contributed by atoms with Crippen LogP contribution in [0.25, 0.3) is 0 Å². The van der Waals surface area contributed by atoms with E-state index in [-0.39, 0.29) is 11.5 Å². The zero-order valence-electron chi connectivity index (χ0n) is 14.9. The molecule has 3 N–H and O–H groups in total. The van der Waals surface area contributed by atoms with Gasteiger partial charge in [0.15, 0.2) is 11.5 Å². The molecule has 0 bridgehead atoms. The Hall–Kier alpha value is -3.27. The molecule has 0 aliphatic rings. The number of aromatic hydroxyl groups is 2. The molecule has 0 unspecified atom stereocenters. The number of carbonyl (C=O) groups is 1. The van der Waals surface area contributed by atoms with Crippen molar-refractivity contribution in [2.75, 3.05) is 0 Å². The zero-order chi connectivity index (χ0) is 19.2. The number of carboxylic acids is 1. The summed E-state index contributed by atoms with van der Waals surface area (Å²) in [5.74, 6) is -1.08. The zero-order valence-corrected chi connectivity index (χ0v) is 14.9. The van der Waals surface area contributed by atoms with Crippen molar-refractivity contribution >= 4 is 5.97 Å². The lowest BCUT2D eigenvalue weighted by molar-refractivity contribution is 0.0697. The van der Waals surface area contributed by atoms with E-state index in [4.69, 9.17) is 5.11 Å². The SMILES string of the molecule is O=C(O)c1ccc(CCc2ccc(CCc3ccc(O)c(O)c3)cc2)cc1. The number of hydrogen-bond acceptors (Lipinski definition) is 3. The van der Waals surface area contributed by atoms with E-state index in [1.165, 1.54) is 17.2 Å². The first-order valence-corrected chi connectivity index (χ1v) is 8.92. The average molecular weight is 362 g/mol. The number of rotatable bonds is 7. The molecule has 0 aliphatic carbocycles. The minimum Gasteiger partial charge on any atom is -0.504 e. The second-order valence-electron chi connectivity index (χ2n) is 6.64. The number of phenolic OH excluding ortho intramolecular Hbond substituents is 2. The van der Waals surface area contributed by atoms with Gasteiger partial charge in [-0.3, -0.25) is 0 Å². The molecule has 0 saturated carbocycles. The monoisotopic (exact) mass is 362 g/mol. The van der Waals surface area contributed by atoms with Gasteiger partial charge in [-0.25, -0.2) is 4.79 Å². The fourth-order valence-corrected chi connectivity index (χ4v) is 2.99. The third kappa shape index (κ3) is 5.11. The number of carboxylic acid groups (broad SMARTS) is 1. The number of aryl methyl sites for hydroxylation is 4. The van der Waals surface area contributed by atoms with Crippen LogP contribution in [0.5, 0.6) is 11.5 Å². The molecular formula is C23H22O4. The summed E-state index contributed by atoms with van der Waals surface area (Å²) in [5, 5.41) is 27.8. The van der Waals surface area contributed by atoms with Gasteiger partial charge in [0.2, 0.25) is 0 Å². The van der Waals surface area contributed by atoms with Gasteiger partial charge in [-0.1, -0.05) is 42.5 Å². The first-order valence-electron chi connectivity index (χ1n) is 8.92. The summed E-state index contributed by atoms with van der Waals surface area (Å²) in [7, 11) is 0. The maximum absolute atomic E-state index is 10.9. The second-order valence-corrected chi connectivity index (χ2v) is 6.64. The molecule has 138 valence electrons. The van der Waals surface area contributed by atoms with E-state index >= 15 is 0 Å². The van der Waals surface area contributed by atoms with Crippen LogP contribution in [0.3, 0.4) is 0 Å². The molecule has 0 saturated heterocycles. The van der Waals surface area contributed by atoms with Crippen LogP contribution in [0, 0.1) is 0 Å². The Morgan fingerprint density at radius 1 is 0.593 bits per heavy atom. The third-order valence-electron chi connectivity index (χ3n) is 4.67. The van der Waals surface area contributed by atoms with E-state index < -0.39 is 5.97 Å². The molecule has 3 aromatic carbocycles. The van der Waals surface area contributed by atoms with Crippen molar-refractivity contribution in [3.8, 4) is 11.5 Å². The lowest BCUT2D eigenvalue weighted by Crippen LogP contribution is -1.97. The number of benzene rings is 3. The molecular weight excluding hydrogens is 340 g/mol. The Morgan fingerprint density at radius 2 is 1.00 bits per heavy atom. The molecule has 0 radical (unpaired) electrons. The van der Waals surface area contributed by atoms with Gasteiger partial charge in [-0.05, 0) is 72.2 Å².